The Bertz CT molecular complexity index is 283. The molecule has 18 heavy (non-hydrogen) atoms. The fourth-order valence-corrected chi connectivity index (χ4v) is 3.22. The fourth-order valence-electron chi connectivity index (χ4n) is 3.22. The van der Waals surface area contributed by atoms with E-state index in [0.29, 0.717) is 11.8 Å². The van der Waals surface area contributed by atoms with Gasteiger partial charge in [-0.15, -0.1) is 0 Å². The molecule has 2 rings (SSSR count). The number of amides is 1. The summed E-state index contributed by atoms with van der Waals surface area (Å²) in [6, 6.07) is 0.0877. The number of ether oxygens (including phenoxy) is 1. The molecule has 0 spiro atoms. The van der Waals surface area contributed by atoms with Gasteiger partial charge in [0.25, 0.3) is 0 Å². The summed E-state index contributed by atoms with van der Waals surface area (Å²) >= 11 is 0. The predicted octanol–water partition coefficient (Wildman–Crippen LogP) is 1.39. The molecule has 1 aliphatic carbocycles. The zero-order valence-corrected chi connectivity index (χ0v) is 11.4. The maximum atomic E-state index is 12.4. The highest BCUT2D eigenvalue weighted by atomic mass is 16.5. The summed E-state index contributed by atoms with van der Waals surface area (Å²) in [5.41, 5.74) is 6.03. The van der Waals surface area contributed by atoms with Crippen molar-refractivity contribution in [2.75, 3.05) is 26.3 Å². The molecule has 1 saturated carbocycles. The van der Waals surface area contributed by atoms with Crippen molar-refractivity contribution in [1.82, 2.24) is 4.90 Å². The van der Waals surface area contributed by atoms with Gasteiger partial charge in [-0.2, -0.15) is 0 Å². The van der Waals surface area contributed by atoms with Crippen molar-refractivity contribution in [2.45, 2.75) is 45.1 Å². The van der Waals surface area contributed by atoms with Crippen LogP contribution in [0.3, 0.4) is 0 Å². The van der Waals surface area contributed by atoms with Crippen LogP contribution in [0, 0.1) is 11.8 Å². The Balaban J connectivity index is 1.85. The van der Waals surface area contributed by atoms with Crippen LogP contribution in [0.25, 0.3) is 0 Å². The summed E-state index contributed by atoms with van der Waals surface area (Å²) in [6.45, 7) is 5.34. The molecule has 1 heterocycles. The molecule has 104 valence electrons. The lowest BCUT2D eigenvalue weighted by Gasteiger charge is -2.35. The number of likely N-dealkylation sites (tertiary alicyclic amines) is 1. The zero-order chi connectivity index (χ0) is 13.0. The van der Waals surface area contributed by atoms with E-state index in [1.54, 1.807) is 0 Å². The maximum Gasteiger partial charge on any atom is 0.227 e. The quantitative estimate of drug-likeness (QED) is 0.825. The first-order chi connectivity index (χ1) is 8.72. The summed E-state index contributed by atoms with van der Waals surface area (Å²) < 4.78 is 5.48. The Morgan fingerprint density at radius 1 is 1.33 bits per heavy atom. The molecule has 0 aromatic rings. The molecule has 4 heteroatoms. The number of nitrogens with zero attached hydrogens (tertiary/aromatic N) is 1. The molecule has 4 nitrogen and oxygen atoms in total. The molecule has 0 aromatic carbocycles. The number of hydrogen-bond donors (Lipinski definition) is 1. The van der Waals surface area contributed by atoms with Crippen molar-refractivity contribution >= 4 is 5.91 Å². The van der Waals surface area contributed by atoms with Gasteiger partial charge in [0.05, 0.1) is 12.5 Å². The van der Waals surface area contributed by atoms with E-state index in [1.165, 1.54) is 6.42 Å². The van der Waals surface area contributed by atoms with Gasteiger partial charge in [0.15, 0.2) is 0 Å². The average Bonchev–Trinajstić information content (AvgIpc) is 2.82. The molecule has 0 aromatic heterocycles. The Labute approximate surface area is 110 Å². The van der Waals surface area contributed by atoms with Crippen LogP contribution in [-0.2, 0) is 9.53 Å². The minimum absolute atomic E-state index is 0.0795. The van der Waals surface area contributed by atoms with E-state index < -0.39 is 0 Å². The van der Waals surface area contributed by atoms with E-state index in [1.807, 2.05) is 11.8 Å². The lowest BCUT2D eigenvalue weighted by Crippen LogP contribution is -2.46. The first kappa shape index (κ1) is 13.8. The third-order valence-corrected chi connectivity index (χ3v) is 4.27. The number of nitrogens with two attached hydrogens (primary N) is 1. The van der Waals surface area contributed by atoms with Crippen LogP contribution in [0.1, 0.15) is 39.0 Å². The minimum atomic E-state index is 0.0795. The van der Waals surface area contributed by atoms with Crippen LogP contribution in [0.5, 0.6) is 0 Å². The third-order valence-electron chi connectivity index (χ3n) is 4.27. The molecule has 1 amide bonds. The topological polar surface area (TPSA) is 55.6 Å². The van der Waals surface area contributed by atoms with E-state index in [4.69, 9.17) is 10.5 Å². The molecule has 1 aliphatic heterocycles. The van der Waals surface area contributed by atoms with Crippen LogP contribution in [0.2, 0.25) is 0 Å². The highest BCUT2D eigenvalue weighted by Crippen LogP contribution is 2.28. The highest BCUT2D eigenvalue weighted by Gasteiger charge is 2.35. The molecule has 2 fully saturated rings. The summed E-state index contributed by atoms with van der Waals surface area (Å²) in [5, 5.41) is 0. The van der Waals surface area contributed by atoms with Gasteiger partial charge in [-0.25, -0.2) is 0 Å². The van der Waals surface area contributed by atoms with Gasteiger partial charge in [-0.3, -0.25) is 4.79 Å². The number of carbonyl (C=O) groups excluding carboxylic acids is 1. The minimum Gasteiger partial charge on any atom is -0.381 e. The second-order valence-electron chi connectivity index (χ2n) is 5.65. The van der Waals surface area contributed by atoms with E-state index in [2.05, 4.69) is 0 Å². The number of hydrogen-bond acceptors (Lipinski definition) is 3. The number of piperidine rings is 1. The maximum absolute atomic E-state index is 12.4. The smallest absolute Gasteiger partial charge is 0.227 e. The molecular formula is C14H26N2O2. The van der Waals surface area contributed by atoms with Gasteiger partial charge in [-0.05, 0) is 38.5 Å². The lowest BCUT2D eigenvalue weighted by atomic mass is 9.95. The Kier molecular flexibility index (Phi) is 5.01. The van der Waals surface area contributed by atoms with Crippen molar-refractivity contribution in [1.29, 1.82) is 0 Å². The standard InChI is InChI=1S/C14H26N2O2/c1-2-18-10-11-5-4-8-16(9-11)14(17)12-6-3-7-13(12)15/h11-13H,2-10,15H2,1H3/t11-,12+,13-/m1/s1. The van der Waals surface area contributed by atoms with Crippen molar-refractivity contribution in [3.05, 3.63) is 0 Å². The second kappa shape index (κ2) is 6.53. The van der Waals surface area contributed by atoms with Gasteiger partial charge in [-0.1, -0.05) is 6.42 Å². The Morgan fingerprint density at radius 2 is 2.17 bits per heavy atom. The van der Waals surface area contributed by atoms with Gasteiger partial charge in [0, 0.05) is 25.7 Å². The van der Waals surface area contributed by atoms with E-state index in [0.717, 1.165) is 52.0 Å². The molecule has 0 bridgehead atoms. The third kappa shape index (κ3) is 3.23. The first-order valence-corrected chi connectivity index (χ1v) is 7.34. The summed E-state index contributed by atoms with van der Waals surface area (Å²) in [4.78, 5) is 14.5. The normalized spacial score (nSPS) is 32.8. The molecule has 2 aliphatic rings. The predicted molar refractivity (Wildman–Crippen MR) is 71.1 cm³/mol. The molecule has 0 radical (unpaired) electrons. The van der Waals surface area contributed by atoms with Crippen molar-refractivity contribution in [3.8, 4) is 0 Å². The summed E-state index contributed by atoms with van der Waals surface area (Å²) in [7, 11) is 0. The zero-order valence-electron chi connectivity index (χ0n) is 11.4. The van der Waals surface area contributed by atoms with Crippen LogP contribution in [-0.4, -0.2) is 43.2 Å². The van der Waals surface area contributed by atoms with Crippen molar-refractivity contribution < 1.29 is 9.53 Å². The summed E-state index contributed by atoms with van der Waals surface area (Å²) in [6.07, 6.45) is 5.37. The van der Waals surface area contributed by atoms with Crippen LogP contribution in [0.4, 0.5) is 0 Å². The molecule has 2 N–H and O–H groups in total. The second-order valence-corrected chi connectivity index (χ2v) is 5.65. The van der Waals surface area contributed by atoms with Gasteiger partial charge >= 0.3 is 0 Å². The highest BCUT2D eigenvalue weighted by molar-refractivity contribution is 5.80. The Morgan fingerprint density at radius 3 is 2.83 bits per heavy atom. The van der Waals surface area contributed by atoms with Crippen molar-refractivity contribution in [3.63, 3.8) is 0 Å². The SMILES string of the molecule is CCOC[C@@H]1CCCN(C(=O)[C@H]2CCC[C@H]2N)C1. The molecule has 3 atom stereocenters. The largest absolute Gasteiger partial charge is 0.381 e. The fraction of sp³-hybridized carbons (Fsp3) is 0.929. The number of carbonyl (C=O) groups is 1. The Hall–Kier alpha value is -0.610. The first-order valence-electron chi connectivity index (χ1n) is 7.34. The monoisotopic (exact) mass is 254 g/mol. The van der Waals surface area contributed by atoms with E-state index in [-0.39, 0.29) is 12.0 Å². The van der Waals surface area contributed by atoms with E-state index in [9.17, 15) is 4.79 Å². The average molecular weight is 254 g/mol. The van der Waals surface area contributed by atoms with Gasteiger partial charge in [0.2, 0.25) is 5.91 Å². The lowest BCUT2D eigenvalue weighted by molar-refractivity contribution is -0.138. The van der Waals surface area contributed by atoms with Gasteiger partial charge in [0.1, 0.15) is 0 Å². The molecular weight excluding hydrogens is 228 g/mol. The number of rotatable bonds is 4. The van der Waals surface area contributed by atoms with Crippen LogP contribution in [0.15, 0.2) is 0 Å². The van der Waals surface area contributed by atoms with Crippen LogP contribution >= 0.6 is 0 Å². The summed E-state index contributed by atoms with van der Waals surface area (Å²) in [5.74, 6) is 0.886. The van der Waals surface area contributed by atoms with E-state index >= 15 is 0 Å². The molecule has 1 saturated heterocycles. The van der Waals surface area contributed by atoms with Crippen LogP contribution < -0.4 is 5.73 Å². The molecule has 0 unspecified atom stereocenters. The van der Waals surface area contributed by atoms with Gasteiger partial charge < -0.3 is 15.4 Å². The van der Waals surface area contributed by atoms with Crippen molar-refractivity contribution in [2.24, 2.45) is 17.6 Å².